The van der Waals surface area contributed by atoms with Crippen LogP contribution in [-0.4, -0.2) is 36.1 Å². The minimum Gasteiger partial charge on any atom is -0.508 e. The number of amides is 2. The normalized spacial score (nSPS) is 11.5. The molecule has 0 spiro atoms. The molecule has 3 N–H and O–H groups in total. The van der Waals surface area contributed by atoms with E-state index in [4.69, 9.17) is 4.74 Å². The predicted octanol–water partition coefficient (Wildman–Crippen LogP) is 1.98. The topological polar surface area (TPSA) is 87.7 Å². The third-order valence-electron chi connectivity index (χ3n) is 3.40. The summed E-state index contributed by atoms with van der Waals surface area (Å²) in [6.45, 7) is 1.72. The van der Waals surface area contributed by atoms with Crippen molar-refractivity contribution in [1.82, 2.24) is 10.6 Å². The molecule has 8 heteroatoms. The van der Waals surface area contributed by atoms with E-state index >= 15 is 0 Å². The van der Waals surface area contributed by atoms with Gasteiger partial charge in [-0.1, -0.05) is 0 Å². The largest absolute Gasteiger partial charge is 0.508 e. The first-order chi connectivity index (χ1) is 12.4. The maximum Gasteiger partial charge on any atom is 0.260 e. The van der Waals surface area contributed by atoms with Crippen molar-refractivity contribution in [3.8, 4) is 11.5 Å². The number of hydrogen-bond acceptors (Lipinski definition) is 4. The molecule has 0 aromatic heterocycles. The first kappa shape index (κ1) is 19.2. The van der Waals surface area contributed by atoms with Crippen LogP contribution in [-0.2, 0) is 4.79 Å². The lowest BCUT2D eigenvalue weighted by Crippen LogP contribution is -2.40. The van der Waals surface area contributed by atoms with Gasteiger partial charge in [0.2, 0.25) is 0 Å². The molecule has 2 aromatic rings. The molecule has 0 saturated carbocycles. The lowest BCUT2D eigenvalue weighted by molar-refractivity contribution is -0.127. The van der Waals surface area contributed by atoms with Crippen molar-refractivity contribution >= 4 is 11.8 Å². The molecule has 0 aliphatic rings. The number of nitrogens with one attached hydrogen (secondary N) is 2. The smallest absolute Gasteiger partial charge is 0.260 e. The number of hydrogen-bond donors (Lipinski definition) is 3. The Bertz CT molecular complexity index is 781. The molecule has 2 amide bonds. The zero-order valence-electron chi connectivity index (χ0n) is 14.0. The van der Waals surface area contributed by atoms with Crippen LogP contribution in [0.1, 0.15) is 17.3 Å². The molecule has 0 fully saturated rings. The SMILES string of the molecule is CC(Oc1ccc(O)cc1)C(=O)NCCNC(=O)c1ccc(F)cc1F. The highest BCUT2D eigenvalue weighted by Gasteiger charge is 2.15. The second-order valence-corrected chi connectivity index (χ2v) is 5.43. The Hall–Kier alpha value is -3.16. The van der Waals surface area contributed by atoms with Gasteiger partial charge in [-0.15, -0.1) is 0 Å². The lowest BCUT2D eigenvalue weighted by atomic mass is 10.2. The molecule has 0 saturated heterocycles. The van der Waals surface area contributed by atoms with Crippen molar-refractivity contribution in [3.63, 3.8) is 0 Å². The van der Waals surface area contributed by atoms with Gasteiger partial charge >= 0.3 is 0 Å². The van der Waals surface area contributed by atoms with Gasteiger partial charge in [-0.05, 0) is 43.3 Å². The Balaban J connectivity index is 1.73. The summed E-state index contributed by atoms with van der Waals surface area (Å²) >= 11 is 0. The molecule has 1 atom stereocenters. The average Bonchev–Trinajstić information content (AvgIpc) is 2.60. The summed E-state index contributed by atoms with van der Waals surface area (Å²) in [5, 5.41) is 14.2. The highest BCUT2D eigenvalue weighted by molar-refractivity contribution is 5.94. The van der Waals surface area contributed by atoms with Crippen LogP contribution in [0.2, 0.25) is 0 Å². The van der Waals surface area contributed by atoms with Crippen LogP contribution < -0.4 is 15.4 Å². The number of halogens is 2. The van der Waals surface area contributed by atoms with E-state index in [1.165, 1.54) is 24.3 Å². The van der Waals surface area contributed by atoms with Gasteiger partial charge in [0, 0.05) is 19.2 Å². The van der Waals surface area contributed by atoms with E-state index in [1.807, 2.05) is 0 Å². The second-order valence-electron chi connectivity index (χ2n) is 5.43. The van der Waals surface area contributed by atoms with Gasteiger partial charge in [-0.3, -0.25) is 9.59 Å². The fraction of sp³-hybridized carbons (Fsp3) is 0.222. The molecule has 0 heterocycles. The average molecular weight is 364 g/mol. The van der Waals surface area contributed by atoms with Crippen molar-refractivity contribution in [1.29, 1.82) is 0 Å². The molecule has 2 aromatic carbocycles. The van der Waals surface area contributed by atoms with Gasteiger partial charge in [-0.2, -0.15) is 0 Å². The van der Waals surface area contributed by atoms with Crippen molar-refractivity contribution in [2.24, 2.45) is 0 Å². The Morgan fingerprint density at radius 1 is 1.08 bits per heavy atom. The lowest BCUT2D eigenvalue weighted by Gasteiger charge is -2.15. The van der Waals surface area contributed by atoms with E-state index in [0.29, 0.717) is 11.8 Å². The van der Waals surface area contributed by atoms with Crippen LogP contribution >= 0.6 is 0 Å². The molecule has 0 aliphatic heterocycles. The van der Waals surface area contributed by atoms with Crippen LogP contribution in [0.4, 0.5) is 8.78 Å². The number of aromatic hydroxyl groups is 1. The van der Waals surface area contributed by atoms with Crippen LogP contribution in [0.5, 0.6) is 11.5 Å². The molecule has 6 nitrogen and oxygen atoms in total. The number of rotatable bonds is 7. The molecule has 2 rings (SSSR count). The molecular formula is C18H18F2N2O4. The minimum absolute atomic E-state index is 0.0628. The zero-order chi connectivity index (χ0) is 19.1. The third kappa shape index (κ3) is 5.44. The summed E-state index contributed by atoms with van der Waals surface area (Å²) in [6, 6.07) is 8.58. The van der Waals surface area contributed by atoms with Gasteiger partial charge in [0.1, 0.15) is 23.1 Å². The highest BCUT2D eigenvalue weighted by atomic mass is 19.1. The maximum absolute atomic E-state index is 13.5. The van der Waals surface area contributed by atoms with E-state index in [-0.39, 0.29) is 24.4 Å². The van der Waals surface area contributed by atoms with Gasteiger partial charge < -0.3 is 20.5 Å². The molecule has 138 valence electrons. The van der Waals surface area contributed by atoms with Crippen molar-refractivity contribution in [2.45, 2.75) is 13.0 Å². The Kier molecular flexibility index (Phi) is 6.48. The Morgan fingerprint density at radius 2 is 1.73 bits per heavy atom. The second kappa shape index (κ2) is 8.80. The summed E-state index contributed by atoms with van der Waals surface area (Å²) in [7, 11) is 0. The summed E-state index contributed by atoms with van der Waals surface area (Å²) < 4.78 is 31.7. The summed E-state index contributed by atoms with van der Waals surface area (Å²) in [4.78, 5) is 23.7. The quantitative estimate of drug-likeness (QED) is 0.656. The molecule has 0 radical (unpaired) electrons. The number of ether oxygens (including phenoxy) is 1. The number of benzene rings is 2. The van der Waals surface area contributed by atoms with E-state index in [0.717, 1.165) is 12.1 Å². The number of phenolic OH excluding ortho intramolecular Hbond substituents is 1. The summed E-state index contributed by atoms with van der Waals surface area (Å²) in [5.74, 6) is -2.32. The van der Waals surface area contributed by atoms with Crippen molar-refractivity contribution in [3.05, 3.63) is 59.7 Å². The van der Waals surface area contributed by atoms with Crippen molar-refractivity contribution < 1.29 is 28.2 Å². The molecule has 0 bridgehead atoms. The van der Waals surface area contributed by atoms with E-state index in [2.05, 4.69) is 10.6 Å². The predicted molar refractivity (Wildman–Crippen MR) is 89.9 cm³/mol. The summed E-state index contributed by atoms with van der Waals surface area (Å²) in [5.41, 5.74) is -0.276. The van der Waals surface area contributed by atoms with Crippen LogP contribution in [0.3, 0.4) is 0 Å². The van der Waals surface area contributed by atoms with Gasteiger partial charge in [0.05, 0.1) is 5.56 Å². The number of carbonyl (C=O) groups excluding carboxylic acids is 2. The monoisotopic (exact) mass is 364 g/mol. The Morgan fingerprint density at radius 3 is 2.38 bits per heavy atom. The number of carbonyl (C=O) groups is 2. The van der Waals surface area contributed by atoms with Gasteiger partial charge in [0.25, 0.3) is 11.8 Å². The van der Waals surface area contributed by atoms with E-state index in [9.17, 15) is 23.5 Å². The standard InChI is InChI=1S/C18H18F2N2O4/c1-11(26-14-5-3-13(23)4-6-14)17(24)21-8-9-22-18(25)15-7-2-12(19)10-16(15)20/h2-7,10-11,23H,8-9H2,1H3,(H,21,24)(H,22,25). The fourth-order valence-corrected chi connectivity index (χ4v) is 2.06. The van der Waals surface area contributed by atoms with Crippen LogP contribution in [0.15, 0.2) is 42.5 Å². The van der Waals surface area contributed by atoms with Crippen molar-refractivity contribution in [2.75, 3.05) is 13.1 Å². The van der Waals surface area contributed by atoms with Gasteiger partial charge in [-0.25, -0.2) is 8.78 Å². The third-order valence-corrected chi connectivity index (χ3v) is 3.40. The molecule has 26 heavy (non-hydrogen) atoms. The maximum atomic E-state index is 13.5. The fourth-order valence-electron chi connectivity index (χ4n) is 2.06. The zero-order valence-corrected chi connectivity index (χ0v) is 14.0. The summed E-state index contributed by atoms with van der Waals surface area (Å²) in [6.07, 6.45) is -0.787. The highest BCUT2D eigenvalue weighted by Crippen LogP contribution is 2.17. The van der Waals surface area contributed by atoms with E-state index in [1.54, 1.807) is 6.92 Å². The molecule has 1 unspecified atom stereocenters. The van der Waals surface area contributed by atoms with Crippen LogP contribution in [0.25, 0.3) is 0 Å². The molecule has 0 aliphatic carbocycles. The first-order valence-electron chi connectivity index (χ1n) is 7.83. The minimum atomic E-state index is -0.956. The molecular weight excluding hydrogens is 346 g/mol. The number of phenols is 1. The first-order valence-corrected chi connectivity index (χ1v) is 7.83. The van der Waals surface area contributed by atoms with E-state index < -0.39 is 29.6 Å². The van der Waals surface area contributed by atoms with Gasteiger partial charge in [0.15, 0.2) is 6.10 Å². The Labute approximate surface area is 148 Å². The van der Waals surface area contributed by atoms with Crippen LogP contribution in [0, 0.1) is 11.6 Å².